The summed E-state index contributed by atoms with van der Waals surface area (Å²) in [7, 11) is 0. The number of amides is 1. The molecule has 5 nitrogen and oxygen atoms in total. The van der Waals surface area contributed by atoms with E-state index < -0.39 is 5.97 Å². The topological polar surface area (TPSA) is 64.6 Å². The van der Waals surface area contributed by atoms with Crippen LogP contribution in [0.25, 0.3) is 0 Å². The first-order chi connectivity index (χ1) is 13.2. The molecule has 1 aliphatic rings. The molecule has 1 fully saturated rings. The number of esters is 1. The molecular formula is C20H21NO4S2. The minimum atomic E-state index is -0.465. The van der Waals surface area contributed by atoms with E-state index in [0.29, 0.717) is 21.6 Å². The number of carbonyl (C=O) groups excluding carboxylic acids is 2. The number of para-hydroxylation sites is 1. The van der Waals surface area contributed by atoms with Crippen LogP contribution in [0.4, 0.5) is 5.69 Å². The number of thioether (sulfide) groups is 2. The van der Waals surface area contributed by atoms with E-state index in [-0.39, 0.29) is 19.1 Å². The average molecular weight is 404 g/mol. The standard InChI is InChI=1S/C20H21NO4S2/c1-2-24-19(23)16-5-3-4-6-17(16)21-18(22)13-25-15-9-7-14(8-10-15)20-26-11-12-27-20/h3-10,20H,2,11-13H2,1H3,(H,21,22). The summed E-state index contributed by atoms with van der Waals surface area (Å²) in [4.78, 5) is 24.2. The number of hydrogen-bond acceptors (Lipinski definition) is 6. The number of benzene rings is 2. The highest BCUT2D eigenvalue weighted by Crippen LogP contribution is 2.45. The SMILES string of the molecule is CCOC(=O)c1ccccc1NC(=O)COc1ccc(C2SCCS2)cc1. The number of nitrogens with one attached hydrogen (secondary N) is 1. The van der Waals surface area contributed by atoms with Gasteiger partial charge in [0.15, 0.2) is 6.61 Å². The first-order valence-electron chi connectivity index (χ1n) is 8.69. The Bertz CT molecular complexity index is 789. The number of hydrogen-bond donors (Lipinski definition) is 1. The van der Waals surface area contributed by atoms with Gasteiger partial charge in [0.25, 0.3) is 5.91 Å². The van der Waals surface area contributed by atoms with E-state index in [1.165, 1.54) is 17.1 Å². The Morgan fingerprint density at radius 3 is 2.48 bits per heavy atom. The van der Waals surface area contributed by atoms with Crippen LogP contribution in [0.5, 0.6) is 5.75 Å². The minimum Gasteiger partial charge on any atom is -0.484 e. The van der Waals surface area contributed by atoms with Crippen molar-refractivity contribution in [3.8, 4) is 5.75 Å². The molecule has 0 radical (unpaired) electrons. The summed E-state index contributed by atoms with van der Waals surface area (Å²) in [5.41, 5.74) is 2.00. The highest BCUT2D eigenvalue weighted by atomic mass is 32.2. The second-order valence-electron chi connectivity index (χ2n) is 5.75. The predicted molar refractivity (Wildman–Crippen MR) is 111 cm³/mol. The van der Waals surface area contributed by atoms with Gasteiger partial charge in [-0.2, -0.15) is 0 Å². The monoisotopic (exact) mass is 403 g/mol. The van der Waals surface area contributed by atoms with Crippen molar-refractivity contribution in [2.75, 3.05) is 30.0 Å². The van der Waals surface area contributed by atoms with Crippen LogP contribution < -0.4 is 10.1 Å². The van der Waals surface area contributed by atoms with E-state index >= 15 is 0 Å². The van der Waals surface area contributed by atoms with Gasteiger partial charge in [-0.05, 0) is 36.8 Å². The van der Waals surface area contributed by atoms with Crippen molar-refractivity contribution in [3.05, 3.63) is 59.7 Å². The van der Waals surface area contributed by atoms with E-state index in [0.717, 1.165) is 0 Å². The maximum atomic E-state index is 12.2. The minimum absolute atomic E-state index is 0.135. The molecule has 142 valence electrons. The fourth-order valence-electron chi connectivity index (χ4n) is 2.59. The highest BCUT2D eigenvalue weighted by Gasteiger charge is 2.18. The van der Waals surface area contributed by atoms with Crippen LogP contribution >= 0.6 is 23.5 Å². The molecule has 0 aliphatic carbocycles. The van der Waals surface area contributed by atoms with Gasteiger partial charge in [0, 0.05) is 11.5 Å². The van der Waals surface area contributed by atoms with Crippen molar-refractivity contribution in [2.24, 2.45) is 0 Å². The Morgan fingerprint density at radius 2 is 1.78 bits per heavy atom. The molecule has 1 aliphatic heterocycles. The second kappa shape index (κ2) is 9.71. The van der Waals surface area contributed by atoms with Crippen molar-refractivity contribution in [1.29, 1.82) is 0 Å². The van der Waals surface area contributed by atoms with E-state index in [2.05, 4.69) is 5.32 Å². The van der Waals surface area contributed by atoms with Gasteiger partial charge >= 0.3 is 5.97 Å². The average Bonchev–Trinajstić information content (AvgIpc) is 3.22. The van der Waals surface area contributed by atoms with Crippen molar-refractivity contribution in [3.63, 3.8) is 0 Å². The van der Waals surface area contributed by atoms with Gasteiger partial charge in [-0.1, -0.05) is 24.3 Å². The lowest BCUT2D eigenvalue weighted by atomic mass is 10.2. The molecule has 0 unspecified atom stereocenters. The number of ether oxygens (including phenoxy) is 2. The number of rotatable bonds is 7. The zero-order chi connectivity index (χ0) is 19.1. The number of anilines is 1. The largest absolute Gasteiger partial charge is 0.484 e. The number of carbonyl (C=O) groups is 2. The molecule has 1 heterocycles. The summed E-state index contributed by atoms with van der Waals surface area (Å²) >= 11 is 3.90. The maximum absolute atomic E-state index is 12.2. The van der Waals surface area contributed by atoms with E-state index in [1.807, 2.05) is 47.8 Å². The Labute approximate surface area is 167 Å². The van der Waals surface area contributed by atoms with Gasteiger partial charge in [-0.3, -0.25) is 4.79 Å². The van der Waals surface area contributed by atoms with Crippen LogP contribution in [0.2, 0.25) is 0 Å². The van der Waals surface area contributed by atoms with Gasteiger partial charge in [-0.25, -0.2) is 4.79 Å². The third kappa shape index (κ3) is 5.43. The summed E-state index contributed by atoms with van der Waals surface area (Å²) in [6.45, 7) is 1.88. The van der Waals surface area contributed by atoms with E-state index in [4.69, 9.17) is 9.47 Å². The molecule has 0 aromatic heterocycles. The summed E-state index contributed by atoms with van der Waals surface area (Å²) in [6.07, 6.45) is 0. The summed E-state index contributed by atoms with van der Waals surface area (Å²) < 4.78 is 11.1. The predicted octanol–water partition coefficient (Wildman–Crippen LogP) is 4.36. The van der Waals surface area contributed by atoms with Crippen molar-refractivity contribution >= 4 is 41.1 Å². The van der Waals surface area contributed by atoms with Crippen LogP contribution in [0.3, 0.4) is 0 Å². The van der Waals surface area contributed by atoms with Gasteiger partial charge in [0.2, 0.25) is 0 Å². The summed E-state index contributed by atoms with van der Waals surface area (Å²) in [6, 6.07) is 14.6. The quantitative estimate of drug-likeness (QED) is 0.693. The summed E-state index contributed by atoms with van der Waals surface area (Å²) in [5, 5.41) is 2.70. The normalized spacial score (nSPS) is 14.0. The molecule has 2 aromatic carbocycles. The molecule has 1 N–H and O–H groups in total. The van der Waals surface area contributed by atoms with Gasteiger partial charge < -0.3 is 14.8 Å². The molecule has 27 heavy (non-hydrogen) atoms. The van der Waals surface area contributed by atoms with Crippen LogP contribution in [0.15, 0.2) is 48.5 Å². The highest BCUT2D eigenvalue weighted by molar-refractivity contribution is 8.19. The molecule has 0 atom stereocenters. The Balaban J connectivity index is 1.55. The van der Waals surface area contributed by atoms with Crippen molar-refractivity contribution in [1.82, 2.24) is 0 Å². The van der Waals surface area contributed by atoms with Gasteiger partial charge in [0.05, 0.1) is 22.4 Å². The van der Waals surface area contributed by atoms with Crippen LogP contribution in [0, 0.1) is 0 Å². The zero-order valence-electron chi connectivity index (χ0n) is 15.0. The zero-order valence-corrected chi connectivity index (χ0v) is 16.6. The van der Waals surface area contributed by atoms with Crippen LogP contribution in [-0.2, 0) is 9.53 Å². The molecule has 2 aromatic rings. The fraction of sp³-hybridized carbons (Fsp3) is 0.300. The molecule has 1 saturated heterocycles. The van der Waals surface area contributed by atoms with Crippen LogP contribution in [0.1, 0.15) is 27.4 Å². The molecule has 0 saturated carbocycles. The third-order valence-corrected chi connectivity index (χ3v) is 6.94. The van der Waals surface area contributed by atoms with Crippen molar-refractivity contribution in [2.45, 2.75) is 11.5 Å². The Kier molecular flexibility index (Phi) is 7.06. The molecule has 1 amide bonds. The molecule has 7 heteroatoms. The molecule has 0 bridgehead atoms. The first-order valence-corrected chi connectivity index (χ1v) is 10.8. The first kappa shape index (κ1) is 19.6. The molecule has 3 rings (SSSR count). The van der Waals surface area contributed by atoms with E-state index in [9.17, 15) is 9.59 Å². The summed E-state index contributed by atoms with van der Waals surface area (Å²) in [5.74, 6) is 2.20. The fourth-order valence-corrected chi connectivity index (χ4v) is 5.45. The molecular weight excluding hydrogens is 382 g/mol. The Morgan fingerprint density at radius 1 is 1.07 bits per heavy atom. The van der Waals surface area contributed by atoms with Gasteiger partial charge in [-0.15, -0.1) is 23.5 Å². The van der Waals surface area contributed by atoms with Crippen molar-refractivity contribution < 1.29 is 19.1 Å². The lowest BCUT2D eigenvalue weighted by Crippen LogP contribution is -2.22. The maximum Gasteiger partial charge on any atom is 0.340 e. The lowest BCUT2D eigenvalue weighted by Gasteiger charge is -2.12. The smallest absolute Gasteiger partial charge is 0.340 e. The van der Waals surface area contributed by atoms with Gasteiger partial charge in [0.1, 0.15) is 5.75 Å². The van der Waals surface area contributed by atoms with Crippen LogP contribution in [-0.4, -0.2) is 36.6 Å². The third-order valence-electron chi connectivity index (χ3n) is 3.84. The Hall–Kier alpha value is -2.12. The molecule has 0 spiro atoms. The lowest BCUT2D eigenvalue weighted by molar-refractivity contribution is -0.118. The second-order valence-corrected chi connectivity index (χ2v) is 8.47. The van der Waals surface area contributed by atoms with E-state index in [1.54, 1.807) is 31.2 Å².